The number of carbonyl (C=O) groups is 1. The normalized spacial score (nSPS) is 11.9. The predicted molar refractivity (Wildman–Crippen MR) is 131 cm³/mol. The molecule has 0 aliphatic carbocycles. The number of aryl methyl sites for hydroxylation is 2. The molecule has 0 radical (unpaired) electrons. The van der Waals surface area contributed by atoms with Crippen LogP contribution < -0.4 is 5.32 Å². The maximum absolute atomic E-state index is 12.7. The van der Waals surface area contributed by atoms with E-state index in [9.17, 15) is 13.2 Å². The van der Waals surface area contributed by atoms with Crippen LogP contribution in [0.15, 0.2) is 52.5 Å². The topological polar surface area (TPSA) is 97.2 Å². The zero-order valence-corrected chi connectivity index (χ0v) is 21.3. The van der Waals surface area contributed by atoms with Gasteiger partial charge in [0.1, 0.15) is 0 Å². The molecule has 0 saturated heterocycles. The number of sulfonamides is 1. The molecule has 1 heterocycles. The minimum atomic E-state index is -3.61. The van der Waals surface area contributed by atoms with Crippen LogP contribution in [0.25, 0.3) is 17.1 Å². The Kier molecular flexibility index (Phi) is 7.61. The van der Waals surface area contributed by atoms with Gasteiger partial charge in [-0.3, -0.25) is 9.36 Å². The van der Waals surface area contributed by atoms with Crippen molar-refractivity contribution in [3.05, 3.63) is 53.6 Å². The fourth-order valence-electron chi connectivity index (χ4n) is 3.41. The summed E-state index contributed by atoms with van der Waals surface area (Å²) in [6.07, 6.45) is 0. The maximum Gasteiger partial charge on any atom is 0.242 e. The first-order valence-electron chi connectivity index (χ1n) is 10.5. The smallest absolute Gasteiger partial charge is 0.242 e. The number of nitrogens with one attached hydrogen (secondary N) is 1. The van der Waals surface area contributed by atoms with Crippen LogP contribution in [0.3, 0.4) is 0 Å². The third kappa shape index (κ3) is 5.45. The molecule has 2 aromatic carbocycles. The molecule has 3 aromatic rings. The second-order valence-electron chi connectivity index (χ2n) is 8.21. The minimum absolute atomic E-state index is 0.0477. The molecule has 0 spiro atoms. The Bertz CT molecular complexity index is 1250. The van der Waals surface area contributed by atoms with Gasteiger partial charge in [-0.05, 0) is 51.0 Å². The van der Waals surface area contributed by atoms with Crippen LogP contribution in [0.2, 0.25) is 0 Å². The number of hydrogen-bond donors (Lipinski definition) is 1. The molecule has 1 aromatic heterocycles. The standard InChI is InChI=1S/C23H29N5O3S2/c1-15(2)24-20(29)14-32-23-26-25-22(28(23)21-16(3)9-7-10-17(21)4)18-11-8-12-19(13-18)33(30,31)27(5)6/h7-13,15H,14H2,1-6H3,(H,24,29). The van der Waals surface area contributed by atoms with Gasteiger partial charge in [-0.2, -0.15) is 0 Å². The molecule has 0 aliphatic rings. The van der Waals surface area contributed by atoms with Crippen LogP contribution in [0, 0.1) is 13.8 Å². The summed E-state index contributed by atoms with van der Waals surface area (Å²) in [5, 5.41) is 12.2. The van der Waals surface area contributed by atoms with E-state index < -0.39 is 10.0 Å². The molecule has 1 N–H and O–H groups in total. The van der Waals surface area contributed by atoms with Gasteiger partial charge in [0.15, 0.2) is 11.0 Å². The average molecular weight is 488 g/mol. The van der Waals surface area contributed by atoms with Gasteiger partial charge in [0.25, 0.3) is 0 Å². The van der Waals surface area contributed by atoms with Crippen molar-refractivity contribution >= 4 is 27.7 Å². The van der Waals surface area contributed by atoms with E-state index in [1.807, 2.05) is 56.5 Å². The van der Waals surface area contributed by atoms with Gasteiger partial charge < -0.3 is 5.32 Å². The van der Waals surface area contributed by atoms with Crippen LogP contribution in [0.4, 0.5) is 0 Å². The van der Waals surface area contributed by atoms with Gasteiger partial charge in [0.05, 0.1) is 16.3 Å². The molecule has 176 valence electrons. The first-order valence-corrected chi connectivity index (χ1v) is 12.9. The molecule has 0 atom stereocenters. The summed E-state index contributed by atoms with van der Waals surface area (Å²) in [4.78, 5) is 12.4. The van der Waals surface area contributed by atoms with Gasteiger partial charge >= 0.3 is 0 Å². The van der Waals surface area contributed by atoms with Gasteiger partial charge in [-0.15, -0.1) is 10.2 Å². The number of thioether (sulfide) groups is 1. The second-order valence-corrected chi connectivity index (χ2v) is 11.3. The van der Waals surface area contributed by atoms with Crippen molar-refractivity contribution in [2.45, 2.75) is 43.8 Å². The highest BCUT2D eigenvalue weighted by molar-refractivity contribution is 7.99. The van der Waals surface area contributed by atoms with E-state index in [-0.39, 0.29) is 22.6 Å². The number of carbonyl (C=O) groups excluding carboxylic acids is 1. The summed E-state index contributed by atoms with van der Waals surface area (Å²) < 4.78 is 28.4. The Labute approximate surface area is 199 Å². The van der Waals surface area contributed by atoms with Gasteiger partial charge in [-0.1, -0.05) is 42.1 Å². The molecule has 1 amide bonds. The zero-order chi connectivity index (χ0) is 24.3. The molecule has 0 saturated carbocycles. The molecule has 0 fully saturated rings. The molecular formula is C23H29N5O3S2. The van der Waals surface area contributed by atoms with Crippen LogP contribution in [0.1, 0.15) is 25.0 Å². The largest absolute Gasteiger partial charge is 0.353 e. The summed E-state index contributed by atoms with van der Waals surface area (Å²) in [7, 11) is -0.613. The quantitative estimate of drug-likeness (QED) is 0.489. The lowest BCUT2D eigenvalue weighted by Crippen LogP contribution is -2.31. The Balaban J connectivity index is 2.14. The summed E-state index contributed by atoms with van der Waals surface area (Å²) >= 11 is 1.29. The van der Waals surface area contributed by atoms with Crippen molar-refractivity contribution in [2.75, 3.05) is 19.8 Å². The lowest BCUT2D eigenvalue weighted by atomic mass is 10.1. The molecule has 0 bridgehead atoms. The van der Waals surface area contributed by atoms with Crippen molar-refractivity contribution in [2.24, 2.45) is 0 Å². The maximum atomic E-state index is 12.7. The van der Waals surface area contributed by atoms with E-state index in [2.05, 4.69) is 15.5 Å². The highest BCUT2D eigenvalue weighted by Gasteiger charge is 2.23. The van der Waals surface area contributed by atoms with E-state index in [1.165, 1.54) is 30.2 Å². The van der Waals surface area contributed by atoms with Crippen LogP contribution in [-0.2, 0) is 14.8 Å². The van der Waals surface area contributed by atoms with E-state index >= 15 is 0 Å². The third-order valence-corrected chi connectivity index (χ3v) is 7.69. The van der Waals surface area contributed by atoms with E-state index in [4.69, 9.17) is 0 Å². The van der Waals surface area contributed by atoms with Crippen LogP contribution >= 0.6 is 11.8 Å². The number of nitrogens with zero attached hydrogens (tertiary/aromatic N) is 4. The van der Waals surface area contributed by atoms with Gasteiger partial charge in [0, 0.05) is 25.7 Å². The van der Waals surface area contributed by atoms with E-state index in [1.54, 1.807) is 18.2 Å². The van der Waals surface area contributed by atoms with Crippen LogP contribution in [-0.4, -0.2) is 59.3 Å². The van der Waals surface area contributed by atoms with Crippen molar-refractivity contribution in [3.63, 3.8) is 0 Å². The van der Waals surface area contributed by atoms with E-state index in [0.29, 0.717) is 16.5 Å². The monoisotopic (exact) mass is 487 g/mol. The third-order valence-electron chi connectivity index (χ3n) is 4.95. The Morgan fingerprint density at radius 2 is 1.73 bits per heavy atom. The second kappa shape index (κ2) is 10.1. The molecule has 8 nitrogen and oxygen atoms in total. The first kappa shape index (κ1) is 24.9. The first-order chi connectivity index (χ1) is 15.5. The average Bonchev–Trinajstić information content (AvgIpc) is 3.15. The van der Waals surface area contributed by atoms with Crippen LogP contribution in [0.5, 0.6) is 0 Å². The molecule has 0 unspecified atom stereocenters. The number of benzene rings is 2. The lowest BCUT2D eigenvalue weighted by Gasteiger charge is -2.16. The minimum Gasteiger partial charge on any atom is -0.353 e. The number of rotatable bonds is 8. The predicted octanol–water partition coefficient (Wildman–Crippen LogP) is 3.42. The molecule has 3 rings (SSSR count). The molecule has 33 heavy (non-hydrogen) atoms. The highest BCUT2D eigenvalue weighted by atomic mass is 32.2. The fourth-order valence-corrected chi connectivity index (χ4v) is 5.11. The number of aromatic nitrogens is 3. The van der Waals surface area contributed by atoms with E-state index in [0.717, 1.165) is 16.8 Å². The summed E-state index contributed by atoms with van der Waals surface area (Å²) in [6.45, 7) is 7.82. The Morgan fingerprint density at radius 3 is 2.33 bits per heavy atom. The van der Waals surface area contributed by atoms with Gasteiger partial charge in [0.2, 0.25) is 15.9 Å². The SMILES string of the molecule is Cc1cccc(C)c1-n1c(SCC(=O)NC(C)C)nnc1-c1cccc(S(=O)(=O)N(C)C)c1. The summed E-state index contributed by atoms with van der Waals surface area (Å²) in [5.74, 6) is 0.609. The molecule has 10 heteroatoms. The fraction of sp³-hybridized carbons (Fsp3) is 0.348. The number of para-hydroxylation sites is 1. The summed E-state index contributed by atoms with van der Waals surface area (Å²) in [6, 6.07) is 12.7. The summed E-state index contributed by atoms with van der Waals surface area (Å²) in [5.41, 5.74) is 3.56. The molecular weight excluding hydrogens is 458 g/mol. The van der Waals surface area contributed by atoms with Crippen molar-refractivity contribution in [1.82, 2.24) is 24.4 Å². The lowest BCUT2D eigenvalue weighted by molar-refractivity contribution is -0.119. The molecule has 0 aliphatic heterocycles. The number of hydrogen-bond acceptors (Lipinski definition) is 6. The number of amides is 1. The highest BCUT2D eigenvalue weighted by Crippen LogP contribution is 2.32. The van der Waals surface area contributed by atoms with Crippen molar-refractivity contribution in [3.8, 4) is 17.1 Å². The van der Waals surface area contributed by atoms with Gasteiger partial charge in [-0.25, -0.2) is 12.7 Å². The Morgan fingerprint density at radius 1 is 1.09 bits per heavy atom. The van der Waals surface area contributed by atoms with Crippen molar-refractivity contribution in [1.29, 1.82) is 0 Å². The Hall–Kier alpha value is -2.69. The van der Waals surface area contributed by atoms with Crippen molar-refractivity contribution < 1.29 is 13.2 Å². The zero-order valence-electron chi connectivity index (χ0n) is 19.7.